The van der Waals surface area contributed by atoms with Crippen molar-refractivity contribution < 1.29 is 0 Å². The first-order valence-electron chi connectivity index (χ1n) is 6.61. The topological polar surface area (TPSA) is 26.0 Å². The maximum atomic E-state index is 5.98. The van der Waals surface area contributed by atoms with E-state index in [1.54, 1.807) is 0 Å². The summed E-state index contributed by atoms with van der Waals surface area (Å²) < 4.78 is 0. The predicted octanol–water partition coefficient (Wildman–Crippen LogP) is 4.40. The zero-order valence-corrected chi connectivity index (χ0v) is 12.6. The minimum atomic E-state index is 0.322. The van der Waals surface area contributed by atoms with Crippen LogP contribution < -0.4 is 5.73 Å². The van der Waals surface area contributed by atoms with Crippen LogP contribution >= 0.6 is 11.8 Å². The molecule has 2 rings (SSSR count). The molecule has 0 amide bonds. The van der Waals surface area contributed by atoms with Crippen molar-refractivity contribution in [3.63, 3.8) is 0 Å². The van der Waals surface area contributed by atoms with Gasteiger partial charge in [0.1, 0.15) is 0 Å². The zero-order valence-electron chi connectivity index (χ0n) is 11.8. The Kier molecular flexibility index (Phi) is 4.67. The van der Waals surface area contributed by atoms with Crippen molar-refractivity contribution in [3.8, 4) is 0 Å². The Hall–Kier alpha value is -1.25. The molecule has 0 heterocycles. The Morgan fingerprint density at radius 3 is 2.37 bits per heavy atom. The SMILES string of the molecule is Cc1ccc(SC(CN)c2ccccc2C)c(C)c1. The molecule has 1 atom stereocenters. The summed E-state index contributed by atoms with van der Waals surface area (Å²) in [6.07, 6.45) is 0. The third kappa shape index (κ3) is 3.40. The van der Waals surface area contributed by atoms with Crippen LogP contribution in [-0.4, -0.2) is 6.54 Å². The lowest BCUT2D eigenvalue weighted by Gasteiger charge is -2.18. The van der Waals surface area contributed by atoms with Crippen LogP contribution in [0, 0.1) is 20.8 Å². The van der Waals surface area contributed by atoms with Crippen LogP contribution in [0.2, 0.25) is 0 Å². The summed E-state index contributed by atoms with van der Waals surface area (Å²) in [6.45, 7) is 7.10. The molecule has 19 heavy (non-hydrogen) atoms. The average Bonchev–Trinajstić information content (AvgIpc) is 2.39. The lowest BCUT2D eigenvalue weighted by molar-refractivity contribution is 0.930. The van der Waals surface area contributed by atoms with Gasteiger partial charge < -0.3 is 5.73 Å². The van der Waals surface area contributed by atoms with Gasteiger partial charge in [-0.15, -0.1) is 11.8 Å². The highest BCUT2D eigenvalue weighted by atomic mass is 32.2. The standard InChI is InChI=1S/C17H21NS/c1-12-8-9-16(14(3)10-12)19-17(11-18)15-7-5-4-6-13(15)2/h4-10,17H,11,18H2,1-3H3. The highest BCUT2D eigenvalue weighted by Gasteiger charge is 2.14. The molecule has 2 aromatic rings. The van der Waals surface area contributed by atoms with Crippen molar-refractivity contribution in [2.75, 3.05) is 6.54 Å². The second-order valence-electron chi connectivity index (χ2n) is 4.97. The summed E-state index contributed by atoms with van der Waals surface area (Å²) >= 11 is 1.87. The first-order chi connectivity index (χ1) is 9.11. The number of rotatable bonds is 4. The van der Waals surface area contributed by atoms with E-state index < -0.39 is 0 Å². The van der Waals surface area contributed by atoms with E-state index in [-0.39, 0.29) is 0 Å². The number of hydrogen-bond acceptors (Lipinski definition) is 2. The molecule has 0 bridgehead atoms. The lowest BCUT2D eigenvalue weighted by atomic mass is 10.1. The van der Waals surface area contributed by atoms with E-state index in [9.17, 15) is 0 Å². The summed E-state index contributed by atoms with van der Waals surface area (Å²) in [5, 5.41) is 0.322. The van der Waals surface area contributed by atoms with Gasteiger partial charge in [0.05, 0.1) is 0 Å². The fourth-order valence-corrected chi connectivity index (χ4v) is 3.46. The van der Waals surface area contributed by atoms with Gasteiger partial charge in [-0.1, -0.05) is 42.0 Å². The lowest BCUT2D eigenvalue weighted by Crippen LogP contribution is -2.10. The first kappa shape index (κ1) is 14.2. The van der Waals surface area contributed by atoms with Gasteiger partial charge in [-0.3, -0.25) is 0 Å². The summed E-state index contributed by atoms with van der Waals surface area (Å²) in [7, 11) is 0. The van der Waals surface area contributed by atoms with Gasteiger partial charge in [-0.2, -0.15) is 0 Å². The Bertz CT molecular complexity index is 563. The monoisotopic (exact) mass is 271 g/mol. The van der Waals surface area contributed by atoms with Gasteiger partial charge in [-0.05, 0) is 43.5 Å². The molecular formula is C17H21NS. The van der Waals surface area contributed by atoms with Gasteiger partial charge in [-0.25, -0.2) is 0 Å². The molecule has 2 N–H and O–H groups in total. The normalized spacial score (nSPS) is 12.4. The molecule has 2 heteroatoms. The zero-order chi connectivity index (χ0) is 13.8. The van der Waals surface area contributed by atoms with Crippen LogP contribution in [0.3, 0.4) is 0 Å². The molecule has 0 aliphatic carbocycles. The van der Waals surface area contributed by atoms with E-state index >= 15 is 0 Å². The van der Waals surface area contributed by atoms with Gasteiger partial charge in [0.2, 0.25) is 0 Å². The van der Waals surface area contributed by atoms with Crippen molar-refractivity contribution in [3.05, 3.63) is 64.7 Å². The van der Waals surface area contributed by atoms with Crippen molar-refractivity contribution in [1.29, 1.82) is 0 Å². The minimum Gasteiger partial charge on any atom is -0.329 e. The maximum Gasteiger partial charge on any atom is 0.0469 e. The third-order valence-corrected chi connectivity index (χ3v) is 4.79. The number of nitrogens with two attached hydrogens (primary N) is 1. The maximum absolute atomic E-state index is 5.98. The molecule has 1 nitrogen and oxygen atoms in total. The molecular weight excluding hydrogens is 250 g/mol. The Labute approximate surface area is 120 Å². The van der Waals surface area contributed by atoms with Crippen molar-refractivity contribution in [2.24, 2.45) is 5.73 Å². The van der Waals surface area contributed by atoms with Crippen LogP contribution in [0.5, 0.6) is 0 Å². The van der Waals surface area contributed by atoms with Crippen LogP contribution in [0.15, 0.2) is 47.4 Å². The van der Waals surface area contributed by atoms with E-state index in [1.165, 1.54) is 27.1 Å². The van der Waals surface area contributed by atoms with E-state index in [4.69, 9.17) is 5.73 Å². The number of thioether (sulfide) groups is 1. The molecule has 0 saturated heterocycles. The molecule has 0 radical (unpaired) electrons. The molecule has 2 aromatic carbocycles. The Morgan fingerprint density at radius 2 is 1.74 bits per heavy atom. The molecule has 0 fully saturated rings. The van der Waals surface area contributed by atoms with Crippen LogP contribution in [-0.2, 0) is 0 Å². The van der Waals surface area contributed by atoms with Crippen molar-refractivity contribution >= 4 is 11.8 Å². The van der Waals surface area contributed by atoms with Crippen LogP contribution in [0.25, 0.3) is 0 Å². The molecule has 0 aliphatic heterocycles. The van der Waals surface area contributed by atoms with E-state index in [0.717, 1.165) is 0 Å². The largest absolute Gasteiger partial charge is 0.329 e. The van der Waals surface area contributed by atoms with Crippen molar-refractivity contribution in [1.82, 2.24) is 0 Å². The first-order valence-corrected chi connectivity index (χ1v) is 7.49. The molecule has 0 spiro atoms. The highest BCUT2D eigenvalue weighted by Crippen LogP contribution is 2.37. The smallest absolute Gasteiger partial charge is 0.0469 e. The molecule has 0 aromatic heterocycles. The van der Waals surface area contributed by atoms with Gasteiger partial charge in [0.25, 0.3) is 0 Å². The molecule has 1 unspecified atom stereocenters. The van der Waals surface area contributed by atoms with Gasteiger partial charge in [0, 0.05) is 16.7 Å². The summed E-state index contributed by atoms with van der Waals surface area (Å²) in [5.41, 5.74) is 11.3. The Morgan fingerprint density at radius 1 is 1.00 bits per heavy atom. The van der Waals surface area contributed by atoms with Crippen molar-refractivity contribution in [2.45, 2.75) is 30.9 Å². The molecule has 0 saturated carbocycles. The number of hydrogen-bond donors (Lipinski definition) is 1. The van der Waals surface area contributed by atoms with Gasteiger partial charge >= 0.3 is 0 Å². The van der Waals surface area contributed by atoms with Gasteiger partial charge in [0.15, 0.2) is 0 Å². The second kappa shape index (κ2) is 6.27. The highest BCUT2D eigenvalue weighted by molar-refractivity contribution is 7.99. The molecule has 0 aliphatic rings. The van der Waals surface area contributed by atoms with Crippen LogP contribution in [0.1, 0.15) is 27.5 Å². The summed E-state index contributed by atoms with van der Waals surface area (Å²) in [4.78, 5) is 1.32. The number of benzene rings is 2. The quantitative estimate of drug-likeness (QED) is 0.834. The minimum absolute atomic E-state index is 0.322. The molecule has 100 valence electrons. The van der Waals surface area contributed by atoms with E-state index in [1.807, 2.05) is 11.8 Å². The summed E-state index contributed by atoms with van der Waals surface area (Å²) in [6, 6.07) is 15.1. The second-order valence-corrected chi connectivity index (χ2v) is 6.21. The average molecular weight is 271 g/mol. The van der Waals surface area contributed by atoms with E-state index in [2.05, 4.69) is 63.2 Å². The third-order valence-electron chi connectivity index (χ3n) is 3.35. The number of aryl methyl sites for hydroxylation is 3. The predicted molar refractivity (Wildman–Crippen MR) is 84.7 cm³/mol. The van der Waals surface area contributed by atoms with E-state index in [0.29, 0.717) is 11.8 Å². The fourth-order valence-electron chi connectivity index (χ4n) is 2.27. The van der Waals surface area contributed by atoms with Crippen LogP contribution in [0.4, 0.5) is 0 Å². The Balaban J connectivity index is 2.27. The summed E-state index contributed by atoms with van der Waals surface area (Å²) in [5.74, 6) is 0. The fraction of sp³-hybridized carbons (Fsp3) is 0.294.